The molecule has 1 aromatic carbocycles. The fourth-order valence-corrected chi connectivity index (χ4v) is 1.22. The topological polar surface area (TPSA) is 30.5 Å². The molecule has 0 unspecified atom stereocenters. The summed E-state index contributed by atoms with van der Waals surface area (Å²) >= 11 is 4.94. The van der Waals surface area contributed by atoms with Crippen LogP contribution >= 0.6 is 12.2 Å². The van der Waals surface area contributed by atoms with Crippen LogP contribution in [0.2, 0.25) is 0 Å². The molecular weight excluding hydrogens is 198 g/mol. The van der Waals surface area contributed by atoms with E-state index in [1.807, 2.05) is 31.2 Å². The van der Waals surface area contributed by atoms with Crippen LogP contribution in [0.4, 0.5) is 5.69 Å². The molecule has 76 valence electrons. The molecule has 0 aliphatic rings. The third kappa shape index (κ3) is 3.22. The highest BCUT2D eigenvalue weighted by Crippen LogP contribution is 2.16. The van der Waals surface area contributed by atoms with Crippen molar-refractivity contribution in [1.82, 2.24) is 0 Å². The summed E-state index contributed by atoms with van der Waals surface area (Å²) in [5.74, 6) is 0.786. The first-order chi connectivity index (χ1) is 6.76. The van der Waals surface area contributed by atoms with Crippen LogP contribution in [0, 0.1) is 0 Å². The standard InChI is InChI=1S/C10H13NO2S/c1-3-13-10(14)11-8-5-4-6-9(7-8)12-2/h4-7H,3H2,1-2H3,(H,11,14). The van der Waals surface area contributed by atoms with Crippen molar-refractivity contribution in [2.24, 2.45) is 0 Å². The number of anilines is 1. The largest absolute Gasteiger partial charge is 0.497 e. The first kappa shape index (κ1) is 10.8. The molecule has 0 aliphatic heterocycles. The van der Waals surface area contributed by atoms with E-state index in [1.54, 1.807) is 7.11 Å². The van der Waals surface area contributed by atoms with Crippen molar-refractivity contribution in [3.8, 4) is 5.75 Å². The SMILES string of the molecule is CCOC(=S)Nc1cccc(OC)c1. The molecule has 4 heteroatoms. The first-order valence-corrected chi connectivity index (χ1v) is 4.75. The Kier molecular flexibility index (Phi) is 4.19. The van der Waals surface area contributed by atoms with Gasteiger partial charge in [-0.25, -0.2) is 0 Å². The van der Waals surface area contributed by atoms with Gasteiger partial charge in [0.2, 0.25) is 0 Å². The van der Waals surface area contributed by atoms with Gasteiger partial charge in [-0.05, 0) is 31.3 Å². The van der Waals surface area contributed by atoms with Crippen molar-refractivity contribution < 1.29 is 9.47 Å². The van der Waals surface area contributed by atoms with Crippen molar-refractivity contribution in [2.75, 3.05) is 19.0 Å². The average Bonchev–Trinajstić information content (AvgIpc) is 2.18. The molecule has 14 heavy (non-hydrogen) atoms. The monoisotopic (exact) mass is 211 g/mol. The fraction of sp³-hybridized carbons (Fsp3) is 0.300. The van der Waals surface area contributed by atoms with E-state index in [0.717, 1.165) is 11.4 Å². The minimum Gasteiger partial charge on any atom is -0.497 e. The van der Waals surface area contributed by atoms with Crippen molar-refractivity contribution in [3.05, 3.63) is 24.3 Å². The number of benzene rings is 1. The predicted molar refractivity (Wildman–Crippen MR) is 60.8 cm³/mol. The quantitative estimate of drug-likeness (QED) is 0.778. The second kappa shape index (κ2) is 5.44. The summed E-state index contributed by atoms with van der Waals surface area (Å²) in [5.41, 5.74) is 0.864. The van der Waals surface area contributed by atoms with Crippen molar-refractivity contribution in [2.45, 2.75) is 6.92 Å². The Balaban J connectivity index is 2.62. The summed E-state index contributed by atoms with van der Waals surface area (Å²) < 4.78 is 10.2. The van der Waals surface area contributed by atoms with E-state index in [1.165, 1.54) is 0 Å². The van der Waals surface area contributed by atoms with E-state index >= 15 is 0 Å². The van der Waals surface area contributed by atoms with E-state index < -0.39 is 0 Å². The fourth-order valence-electron chi connectivity index (χ4n) is 0.986. The normalized spacial score (nSPS) is 9.29. The van der Waals surface area contributed by atoms with Crippen LogP contribution in [0.5, 0.6) is 5.75 Å². The summed E-state index contributed by atoms with van der Waals surface area (Å²) in [6.45, 7) is 2.45. The number of nitrogens with one attached hydrogen (secondary N) is 1. The number of methoxy groups -OCH3 is 1. The van der Waals surface area contributed by atoms with E-state index in [4.69, 9.17) is 21.7 Å². The molecule has 0 atom stereocenters. The van der Waals surface area contributed by atoms with Crippen LogP contribution in [0.1, 0.15) is 6.92 Å². The van der Waals surface area contributed by atoms with E-state index in [-0.39, 0.29) is 0 Å². The molecule has 0 heterocycles. The second-order valence-corrected chi connectivity index (χ2v) is 2.95. The molecular formula is C10H13NO2S. The highest BCUT2D eigenvalue weighted by Gasteiger charge is 1.98. The number of ether oxygens (including phenoxy) is 2. The zero-order valence-corrected chi connectivity index (χ0v) is 9.06. The number of hydrogen-bond donors (Lipinski definition) is 1. The van der Waals surface area contributed by atoms with Gasteiger partial charge in [0.25, 0.3) is 5.17 Å². The van der Waals surface area contributed by atoms with Crippen molar-refractivity contribution >= 4 is 23.1 Å². The maximum atomic E-state index is 5.10. The van der Waals surface area contributed by atoms with Gasteiger partial charge >= 0.3 is 0 Å². The average molecular weight is 211 g/mol. The molecule has 1 rings (SSSR count). The third-order valence-electron chi connectivity index (χ3n) is 1.59. The molecule has 0 radical (unpaired) electrons. The van der Waals surface area contributed by atoms with Gasteiger partial charge in [0.15, 0.2) is 0 Å². The van der Waals surface area contributed by atoms with Crippen LogP contribution < -0.4 is 10.1 Å². The summed E-state index contributed by atoms with van der Waals surface area (Å²) in [5, 5.41) is 3.32. The van der Waals surface area contributed by atoms with E-state index in [0.29, 0.717) is 11.8 Å². The lowest BCUT2D eigenvalue weighted by Gasteiger charge is -2.08. The Labute approximate surface area is 89.0 Å². The first-order valence-electron chi connectivity index (χ1n) is 4.34. The molecule has 0 saturated heterocycles. The van der Waals surface area contributed by atoms with Crippen molar-refractivity contribution in [3.63, 3.8) is 0 Å². The number of hydrogen-bond acceptors (Lipinski definition) is 3. The highest BCUT2D eigenvalue weighted by atomic mass is 32.1. The lowest BCUT2D eigenvalue weighted by atomic mass is 10.3. The minimum absolute atomic E-state index is 0.376. The van der Waals surface area contributed by atoms with Crippen LogP contribution in [0.3, 0.4) is 0 Å². The molecule has 1 N–H and O–H groups in total. The Morgan fingerprint density at radius 3 is 2.93 bits per heavy atom. The molecule has 1 aromatic rings. The van der Waals surface area contributed by atoms with Crippen molar-refractivity contribution in [1.29, 1.82) is 0 Å². The third-order valence-corrected chi connectivity index (χ3v) is 1.81. The minimum atomic E-state index is 0.376. The molecule has 0 saturated carbocycles. The van der Waals surface area contributed by atoms with Crippen LogP contribution in [0.15, 0.2) is 24.3 Å². The molecule has 0 aliphatic carbocycles. The van der Waals surface area contributed by atoms with Gasteiger partial charge in [-0.1, -0.05) is 6.07 Å². The van der Waals surface area contributed by atoms with Crippen LogP contribution in [0.25, 0.3) is 0 Å². The molecule has 3 nitrogen and oxygen atoms in total. The van der Waals surface area contributed by atoms with Crippen LogP contribution in [-0.4, -0.2) is 18.9 Å². The van der Waals surface area contributed by atoms with Gasteiger partial charge in [-0.15, -0.1) is 0 Å². The zero-order valence-electron chi connectivity index (χ0n) is 8.24. The second-order valence-electron chi connectivity index (χ2n) is 2.58. The summed E-state index contributed by atoms with van der Waals surface area (Å²) in [6, 6.07) is 7.50. The molecule has 0 aromatic heterocycles. The van der Waals surface area contributed by atoms with Crippen LogP contribution in [-0.2, 0) is 4.74 Å². The van der Waals surface area contributed by atoms with Gasteiger partial charge in [-0.2, -0.15) is 0 Å². The lowest BCUT2D eigenvalue weighted by molar-refractivity contribution is 0.335. The Bertz CT molecular complexity index is 315. The summed E-state index contributed by atoms with van der Waals surface area (Å²) in [7, 11) is 1.62. The van der Waals surface area contributed by atoms with Gasteiger partial charge in [0.05, 0.1) is 13.7 Å². The Morgan fingerprint density at radius 1 is 1.50 bits per heavy atom. The maximum absolute atomic E-state index is 5.10. The molecule has 0 bridgehead atoms. The highest BCUT2D eigenvalue weighted by molar-refractivity contribution is 7.80. The number of thiocarbonyl (C=S) groups is 1. The van der Waals surface area contributed by atoms with E-state index in [9.17, 15) is 0 Å². The van der Waals surface area contributed by atoms with Gasteiger partial charge in [0, 0.05) is 11.8 Å². The molecule has 0 amide bonds. The van der Waals surface area contributed by atoms with Gasteiger partial charge in [0.1, 0.15) is 5.75 Å². The Morgan fingerprint density at radius 2 is 2.29 bits per heavy atom. The Hall–Kier alpha value is -1.29. The predicted octanol–water partition coefficient (Wildman–Crippen LogP) is 2.43. The lowest BCUT2D eigenvalue weighted by Crippen LogP contribution is -2.12. The summed E-state index contributed by atoms with van der Waals surface area (Å²) in [4.78, 5) is 0. The summed E-state index contributed by atoms with van der Waals surface area (Å²) in [6.07, 6.45) is 0. The number of rotatable bonds is 3. The molecule has 0 fully saturated rings. The van der Waals surface area contributed by atoms with Gasteiger partial charge < -0.3 is 14.8 Å². The van der Waals surface area contributed by atoms with Gasteiger partial charge in [-0.3, -0.25) is 0 Å². The maximum Gasteiger partial charge on any atom is 0.261 e. The molecule has 0 spiro atoms. The smallest absolute Gasteiger partial charge is 0.261 e. The van der Waals surface area contributed by atoms with E-state index in [2.05, 4.69) is 5.32 Å². The zero-order chi connectivity index (χ0) is 10.4.